The molecule has 102 valence electrons. The molecule has 1 unspecified atom stereocenters. The highest BCUT2D eigenvalue weighted by Crippen LogP contribution is 2.29. The van der Waals surface area contributed by atoms with Crippen LogP contribution in [0.25, 0.3) is 5.69 Å². The molecule has 0 aliphatic heterocycles. The monoisotopic (exact) mass is 257 g/mol. The van der Waals surface area contributed by atoms with Crippen LogP contribution >= 0.6 is 0 Å². The van der Waals surface area contributed by atoms with Crippen molar-refractivity contribution >= 4 is 5.82 Å². The normalized spacial score (nSPS) is 12.6. The number of hydrogen-bond acceptors (Lipinski definition) is 2. The highest BCUT2D eigenvalue weighted by atomic mass is 15.3. The molecular formula is C16H23N3. The Morgan fingerprint density at radius 1 is 1.21 bits per heavy atom. The number of benzene rings is 1. The molecule has 19 heavy (non-hydrogen) atoms. The molecule has 1 aromatic carbocycles. The Kier molecular flexibility index (Phi) is 4.25. The summed E-state index contributed by atoms with van der Waals surface area (Å²) < 4.78 is 1.88. The summed E-state index contributed by atoms with van der Waals surface area (Å²) in [5.74, 6) is 1.25. The second-order valence-electron chi connectivity index (χ2n) is 5.04. The zero-order valence-corrected chi connectivity index (χ0v) is 12.1. The molecule has 0 spiro atoms. The Balaban J connectivity index is 2.47. The first-order chi connectivity index (χ1) is 9.19. The van der Waals surface area contributed by atoms with Crippen LogP contribution in [-0.4, -0.2) is 9.78 Å². The third-order valence-corrected chi connectivity index (χ3v) is 3.60. The Bertz CT molecular complexity index is 528. The SMILES string of the molecule is CCCC(C)c1nn(-c2ccccc2)c(N)c1CC. The molecule has 1 atom stereocenters. The van der Waals surface area contributed by atoms with Crippen LogP contribution in [0.5, 0.6) is 0 Å². The molecule has 0 fully saturated rings. The lowest BCUT2D eigenvalue weighted by atomic mass is 9.98. The molecule has 2 aromatic rings. The molecule has 0 bridgehead atoms. The van der Waals surface area contributed by atoms with E-state index < -0.39 is 0 Å². The molecule has 0 radical (unpaired) electrons. The van der Waals surface area contributed by atoms with E-state index in [2.05, 4.69) is 20.8 Å². The molecule has 3 heteroatoms. The molecule has 0 saturated heterocycles. The molecule has 2 N–H and O–H groups in total. The molecule has 0 amide bonds. The van der Waals surface area contributed by atoms with E-state index in [0.29, 0.717) is 5.92 Å². The molecule has 0 saturated carbocycles. The summed E-state index contributed by atoms with van der Waals surface area (Å²) in [7, 11) is 0. The Hall–Kier alpha value is -1.77. The maximum Gasteiger partial charge on any atom is 0.130 e. The van der Waals surface area contributed by atoms with Crippen molar-refractivity contribution in [3.63, 3.8) is 0 Å². The molecule has 1 aromatic heterocycles. The summed E-state index contributed by atoms with van der Waals surface area (Å²) in [5, 5.41) is 4.76. The fourth-order valence-corrected chi connectivity index (χ4v) is 2.57. The van der Waals surface area contributed by atoms with E-state index in [1.165, 1.54) is 12.0 Å². The van der Waals surface area contributed by atoms with Gasteiger partial charge in [0.15, 0.2) is 0 Å². The van der Waals surface area contributed by atoms with Gasteiger partial charge in [0, 0.05) is 11.5 Å². The predicted octanol–water partition coefficient (Wildman–Crippen LogP) is 3.92. The van der Waals surface area contributed by atoms with Crippen molar-refractivity contribution in [2.24, 2.45) is 0 Å². The second kappa shape index (κ2) is 5.91. The van der Waals surface area contributed by atoms with Gasteiger partial charge in [-0.15, -0.1) is 0 Å². The highest BCUT2D eigenvalue weighted by Gasteiger charge is 2.19. The number of hydrogen-bond donors (Lipinski definition) is 1. The van der Waals surface area contributed by atoms with Crippen LogP contribution < -0.4 is 5.73 Å². The lowest BCUT2D eigenvalue weighted by molar-refractivity contribution is 0.632. The molecule has 1 heterocycles. The van der Waals surface area contributed by atoms with Crippen molar-refractivity contribution in [1.82, 2.24) is 9.78 Å². The Morgan fingerprint density at radius 2 is 1.89 bits per heavy atom. The maximum absolute atomic E-state index is 6.28. The summed E-state index contributed by atoms with van der Waals surface area (Å²) >= 11 is 0. The predicted molar refractivity (Wildman–Crippen MR) is 80.7 cm³/mol. The van der Waals surface area contributed by atoms with Crippen LogP contribution in [-0.2, 0) is 6.42 Å². The average Bonchev–Trinajstić information content (AvgIpc) is 2.77. The number of nitrogens with two attached hydrogens (primary N) is 1. The largest absolute Gasteiger partial charge is 0.383 e. The topological polar surface area (TPSA) is 43.8 Å². The lowest BCUT2D eigenvalue weighted by Gasteiger charge is -2.08. The Morgan fingerprint density at radius 3 is 2.47 bits per heavy atom. The van der Waals surface area contributed by atoms with Crippen LogP contribution in [0.1, 0.15) is 50.8 Å². The first-order valence-electron chi connectivity index (χ1n) is 7.11. The fourth-order valence-electron chi connectivity index (χ4n) is 2.57. The van der Waals surface area contributed by atoms with Crippen molar-refractivity contribution < 1.29 is 0 Å². The van der Waals surface area contributed by atoms with Gasteiger partial charge in [-0.3, -0.25) is 0 Å². The van der Waals surface area contributed by atoms with E-state index in [4.69, 9.17) is 10.8 Å². The zero-order valence-electron chi connectivity index (χ0n) is 12.1. The Labute approximate surface area is 115 Å². The van der Waals surface area contributed by atoms with Crippen LogP contribution in [0.2, 0.25) is 0 Å². The van der Waals surface area contributed by atoms with E-state index in [9.17, 15) is 0 Å². The van der Waals surface area contributed by atoms with Gasteiger partial charge in [-0.05, 0) is 25.0 Å². The minimum Gasteiger partial charge on any atom is -0.383 e. The number of aromatic nitrogens is 2. The van der Waals surface area contributed by atoms with Gasteiger partial charge < -0.3 is 5.73 Å². The van der Waals surface area contributed by atoms with Gasteiger partial charge in [0.25, 0.3) is 0 Å². The molecule has 0 aliphatic carbocycles. The first-order valence-corrected chi connectivity index (χ1v) is 7.11. The van der Waals surface area contributed by atoms with Crippen LogP contribution in [0.15, 0.2) is 30.3 Å². The smallest absolute Gasteiger partial charge is 0.130 e. The van der Waals surface area contributed by atoms with Gasteiger partial charge in [0.05, 0.1) is 11.4 Å². The third-order valence-electron chi connectivity index (χ3n) is 3.60. The molecule has 2 rings (SSSR count). The highest BCUT2D eigenvalue weighted by molar-refractivity contribution is 5.50. The van der Waals surface area contributed by atoms with Crippen LogP contribution in [0.3, 0.4) is 0 Å². The van der Waals surface area contributed by atoms with Gasteiger partial charge in [0.1, 0.15) is 5.82 Å². The van der Waals surface area contributed by atoms with Crippen LogP contribution in [0, 0.1) is 0 Å². The van der Waals surface area contributed by atoms with Crippen molar-refractivity contribution in [2.75, 3.05) is 5.73 Å². The van der Waals surface area contributed by atoms with E-state index in [1.54, 1.807) is 0 Å². The maximum atomic E-state index is 6.28. The number of para-hydroxylation sites is 1. The third kappa shape index (κ3) is 2.65. The summed E-state index contributed by atoms with van der Waals surface area (Å²) in [5.41, 5.74) is 9.67. The summed E-state index contributed by atoms with van der Waals surface area (Å²) in [4.78, 5) is 0. The van der Waals surface area contributed by atoms with E-state index in [0.717, 1.165) is 30.0 Å². The number of nitrogens with zero attached hydrogens (tertiary/aromatic N) is 2. The van der Waals surface area contributed by atoms with Gasteiger partial charge in [-0.1, -0.05) is 45.4 Å². The van der Waals surface area contributed by atoms with Gasteiger partial charge in [0.2, 0.25) is 0 Å². The number of nitrogen functional groups attached to an aromatic ring is 1. The standard InChI is InChI=1S/C16H23N3/c1-4-9-12(3)15-14(5-2)16(17)19(18-15)13-10-7-6-8-11-13/h6-8,10-12H,4-5,9,17H2,1-3H3. The summed E-state index contributed by atoms with van der Waals surface area (Å²) in [6.45, 7) is 6.59. The van der Waals surface area contributed by atoms with Gasteiger partial charge >= 0.3 is 0 Å². The van der Waals surface area contributed by atoms with Crippen molar-refractivity contribution in [1.29, 1.82) is 0 Å². The average molecular weight is 257 g/mol. The lowest BCUT2D eigenvalue weighted by Crippen LogP contribution is -2.02. The summed E-state index contributed by atoms with van der Waals surface area (Å²) in [6, 6.07) is 10.1. The molecular weight excluding hydrogens is 234 g/mol. The second-order valence-corrected chi connectivity index (χ2v) is 5.04. The van der Waals surface area contributed by atoms with Crippen molar-refractivity contribution in [3.05, 3.63) is 41.6 Å². The molecule has 3 nitrogen and oxygen atoms in total. The quantitative estimate of drug-likeness (QED) is 0.882. The first kappa shape index (κ1) is 13.7. The minimum absolute atomic E-state index is 0.465. The number of anilines is 1. The summed E-state index contributed by atoms with van der Waals surface area (Å²) in [6.07, 6.45) is 3.25. The van der Waals surface area contributed by atoms with E-state index >= 15 is 0 Å². The van der Waals surface area contributed by atoms with E-state index in [-0.39, 0.29) is 0 Å². The number of rotatable bonds is 5. The van der Waals surface area contributed by atoms with Gasteiger partial charge in [-0.25, -0.2) is 4.68 Å². The minimum atomic E-state index is 0.465. The van der Waals surface area contributed by atoms with Gasteiger partial charge in [-0.2, -0.15) is 5.10 Å². The molecule has 0 aliphatic rings. The van der Waals surface area contributed by atoms with Crippen molar-refractivity contribution in [3.8, 4) is 5.69 Å². The van der Waals surface area contributed by atoms with Crippen LogP contribution in [0.4, 0.5) is 5.82 Å². The fraction of sp³-hybridized carbons (Fsp3) is 0.438. The zero-order chi connectivity index (χ0) is 13.8. The van der Waals surface area contributed by atoms with Crippen molar-refractivity contribution in [2.45, 2.75) is 46.0 Å². The van der Waals surface area contributed by atoms with E-state index in [1.807, 2.05) is 35.0 Å².